The van der Waals surface area contributed by atoms with Crippen LogP contribution >= 0.6 is 0 Å². The maximum absolute atomic E-state index is 2.44. The van der Waals surface area contributed by atoms with Gasteiger partial charge in [0.2, 0.25) is 0 Å². The van der Waals surface area contributed by atoms with Gasteiger partial charge in [0, 0.05) is 55.1 Å². The van der Waals surface area contributed by atoms with Crippen LogP contribution in [0.5, 0.6) is 0 Å². The largest absolute Gasteiger partial charge is 0.309 e. The van der Waals surface area contributed by atoms with E-state index in [1.54, 1.807) is 0 Å². The Balaban J connectivity index is 0.997. The summed E-state index contributed by atoms with van der Waals surface area (Å²) in [5.74, 6) is 0. The molecule has 0 saturated heterocycles. The summed E-state index contributed by atoms with van der Waals surface area (Å²) in [5, 5.41) is 7.43. The van der Waals surface area contributed by atoms with Crippen LogP contribution in [0.2, 0.25) is 0 Å². The molecular weight excluding hydrogens is 777 g/mol. The molecule has 64 heavy (non-hydrogen) atoms. The van der Waals surface area contributed by atoms with Crippen molar-refractivity contribution in [1.29, 1.82) is 0 Å². The highest BCUT2D eigenvalue weighted by Crippen LogP contribution is 2.40. The molecule has 13 aromatic rings. The maximum Gasteiger partial charge on any atom is 0.0542 e. The minimum atomic E-state index is 1.12. The average molecular weight is 819 g/mol. The van der Waals surface area contributed by atoms with E-state index in [2.05, 4.69) is 251 Å². The Hall–Kier alpha value is -8.34. The highest BCUT2D eigenvalue weighted by Gasteiger charge is 2.20. The van der Waals surface area contributed by atoms with Crippen molar-refractivity contribution in [3.8, 4) is 45.3 Å². The van der Waals surface area contributed by atoms with E-state index in [9.17, 15) is 0 Å². The summed E-state index contributed by atoms with van der Waals surface area (Å²) in [6.07, 6.45) is 0. The maximum atomic E-state index is 2.44. The molecule has 0 atom stereocenters. The second-order valence-corrected chi connectivity index (χ2v) is 17.2. The summed E-state index contributed by atoms with van der Waals surface area (Å²) >= 11 is 0. The van der Waals surface area contributed by atoms with Gasteiger partial charge in [-0.1, -0.05) is 132 Å². The Kier molecular flexibility index (Phi) is 8.00. The van der Waals surface area contributed by atoms with Crippen molar-refractivity contribution in [2.24, 2.45) is 0 Å². The topological polar surface area (TPSA) is 19.7 Å². The predicted octanol–water partition coefficient (Wildman–Crippen LogP) is 15.7. The number of aryl methyl sites for hydroxylation is 2. The van der Waals surface area contributed by atoms with Gasteiger partial charge in [0.25, 0.3) is 0 Å². The van der Waals surface area contributed by atoms with Gasteiger partial charge in [-0.05, 0) is 122 Å². The molecule has 0 aliphatic carbocycles. The quantitative estimate of drug-likeness (QED) is 0.159. The first-order valence-electron chi connectivity index (χ1n) is 22.1. The van der Waals surface area contributed by atoms with Crippen LogP contribution in [0.25, 0.3) is 111 Å². The summed E-state index contributed by atoms with van der Waals surface area (Å²) in [6.45, 7) is 4.30. The lowest BCUT2D eigenvalue weighted by atomic mass is 10.1. The van der Waals surface area contributed by atoms with Crippen LogP contribution in [-0.2, 0) is 0 Å². The van der Waals surface area contributed by atoms with E-state index in [-0.39, 0.29) is 0 Å². The molecular formula is C60H42N4. The molecule has 0 amide bonds. The number of aromatic nitrogens is 4. The van der Waals surface area contributed by atoms with Gasteiger partial charge in [0.15, 0.2) is 0 Å². The van der Waals surface area contributed by atoms with Gasteiger partial charge in [-0.25, -0.2) is 0 Å². The molecule has 302 valence electrons. The van der Waals surface area contributed by atoms with Crippen LogP contribution in [0.4, 0.5) is 0 Å². The number of fused-ring (bicyclic) bond motifs is 8. The number of hydrogen-bond donors (Lipinski definition) is 0. The summed E-state index contributed by atoms with van der Waals surface area (Å²) in [5.41, 5.74) is 18.9. The van der Waals surface area contributed by atoms with Gasteiger partial charge in [-0.3, -0.25) is 0 Å². The number of rotatable bonds is 6. The molecule has 0 fully saturated rings. The van der Waals surface area contributed by atoms with Gasteiger partial charge in [-0.15, -0.1) is 0 Å². The molecule has 9 aromatic carbocycles. The first kappa shape index (κ1) is 36.3. The minimum Gasteiger partial charge on any atom is -0.309 e. The Bertz CT molecular complexity index is 3560. The van der Waals surface area contributed by atoms with E-state index in [0.29, 0.717) is 0 Å². The second kappa shape index (κ2) is 14.1. The lowest BCUT2D eigenvalue weighted by molar-refractivity contribution is 1.11. The van der Waals surface area contributed by atoms with Crippen molar-refractivity contribution in [2.75, 3.05) is 0 Å². The summed E-state index contributed by atoms with van der Waals surface area (Å²) < 4.78 is 9.66. The molecule has 4 heteroatoms. The molecule has 0 aliphatic heterocycles. The molecule has 0 aliphatic rings. The SMILES string of the molecule is Cc1ccc(-c2cc3cc4c(cc(-c5ccc(C)cc5)n4-c4ccc(-n5c6ccccc6c6ccccc65)cc4)cc3n2-c2ccc(-n3c4ccccc4c4ccccc43)cc2)cc1. The van der Waals surface area contributed by atoms with Crippen LogP contribution in [-0.4, -0.2) is 18.3 Å². The van der Waals surface area contributed by atoms with Crippen molar-refractivity contribution in [3.63, 3.8) is 0 Å². The third-order valence-corrected chi connectivity index (χ3v) is 13.3. The second-order valence-electron chi connectivity index (χ2n) is 17.2. The fourth-order valence-corrected chi connectivity index (χ4v) is 10.2. The Morgan fingerprint density at radius 1 is 0.250 bits per heavy atom. The molecule has 0 N–H and O–H groups in total. The minimum absolute atomic E-state index is 1.12. The molecule has 4 heterocycles. The predicted molar refractivity (Wildman–Crippen MR) is 269 cm³/mol. The van der Waals surface area contributed by atoms with Gasteiger partial charge < -0.3 is 18.3 Å². The molecule has 4 aromatic heterocycles. The van der Waals surface area contributed by atoms with Crippen molar-refractivity contribution < 1.29 is 0 Å². The van der Waals surface area contributed by atoms with Gasteiger partial charge in [0.1, 0.15) is 0 Å². The standard InChI is InChI=1S/C60H42N4/c1-39-19-23-41(24-20-39)57-35-43-37-60-44(38-59(43)63(57)47-31-27-45(28-32-47)61-53-15-7-3-11-49(53)50-12-4-8-16-54(50)61)36-58(42-25-21-40(2)22-26-42)64(60)48-33-29-46(30-34-48)62-55-17-9-5-13-51(55)52-14-6-10-18-56(52)62/h3-38H,1-2H3. The summed E-state index contributed by atoms with van der Waals surface area (Å²) in [6, 6.07) is 80.4. The average Bonchev–Trinajstić information content (AvgIpc) is 4.09. The van der Waals surface area contributed by atoms with Crippen molar-refractivity contribution in [3.05, 3.63) is 230 Å². The molecule has 0 spiro atoms. The van der Waals surface area contributed by atoms with Crippen LogP contribution in [0.1, 0.15) is 11.1 Å². The lowest BCUT2D eigenvalue weighted by Crippen LogP contribution is -1.99. The van der Waals surface area contributed by atoms with Crippen LogP contribution in [0.15, 0.2) is 218 Å². The zero-order valence-corrected chi connectivity index (χ0v) is 35.6. The van der Waals surface area contributed by atoms with E-state index in [1.807, 2.05) is 0 Å². The normalized spacial score (nSPS) is 11.9. The van der Waals surface area contributed by atoms with Gasteiger partial charge in [-0.2, -0.15) is 0 Å². The van der Waals surface area contributed by atoms with Crippen LogP contribution in [0.3, 0.4) is 0 Å². The fraction of sp³-hybridized carbons (Fsp3) is 0.0333. The number of hydrogen-bond acceptors (Lipinski definition) is 0. The number of nitrogens with zero attached hydrogens (tertiary/aromatic N) is 4. The van der Waals surface area contributed by atoms with Crippen LogP contribution < -0.4 is 0 Å². The molecule has 0 radical (unpaired) electrons. The number of para-hydroxylation sites is 4. The van der Waals surface area contributed by atoms with Crippen molar-refractivity contribution >= 4 is 65.4 Å². The molecule has 13 rings (SSSR count). The third-order valence-electron chi connectivity index (χ3n) is 13.3. The number of benzene rings is 9. The van der Waals surface area contributed by atoms with Crippen LogP contribution in [0, 0.1) is 13.8 Å². The zero-order valence-electron chi connectivity index (χ0n) is 35.6. The Morgan fingerprint density at radius 3 is 0.844 bits per heavy atom. The highest BCUT2D eigenvalue weighted by molar-refractivity contribution is 6.10. The zero-order chi connectivity index (χ0) is 42.5. The molecule has 0 unspecified atom stereocenters. The highest BCUT2D eigenvalue weighted by atomic mass is 15.0. The smallest absolute Gasteiger partial charge is 0.0542 e. The van der Waals surface area contributed by atoms with Gasteiger partial charge >= 0.3 is 0 Å². The molecule has 0 saturated carbocycles. The van der Waals surface area contributed by atoms with Crippen molar-refractivity contribution in [1.82, 2.24) is 18.3 Å². The first-order valence-corrected chi connectivity index (χ1v) is 22.1. The van der Waals surface area contributed by atoms with E-state index >= 15 is 0 Å². The fourth-order valence-electron chi connectivity index (χ4n) is 10.2. The molecule has 0 bridgehead atoms. The van der Waals surface area contributed by atoms with E-state index in [0.717, 1.165) is 34.1 Å². The Labute approximate surface area is 370 Å². The Morgan fingerprint density at radius 2 is 0.531 bits per heavy atom. The van der Waals surface area contributed by atoms with Gasteiger partial charge in [0.05, 0.1) is 44.5 Å². The van der Waals surface area contributed by atoms with Crippen molar-refractivity contribution in [2.45, 2.75) is 13.8 Å². The van der Waals surface area contributed by atoms with E-state index < -0.39 is 0 Å². The molecule has 4 nitrogen and oxygen atoms in total. The lowest BCUT2D eigenvalue weighted by Gasteiger charge is -2.15. The monoisotopic (exact) mass is 818 g/mol. The van der Waals surface area contributed by atoms with E-state index in [4.69, 9.17) is 0 Å². The third kappa shape index (κ3) is 5.56. The first-order chi connectivity index (χ1) is 31.6. The summed E-state index contributed by atoms with van der Waals surface area (Å²) in [7, 11) is 0. The van der Waals surface area contributed by atoms with E-state index in [1.165, 1.54) is 87.7 Å². The summed E-state index contributed by atoms with van der Waals surface area (Å²) in [4.78, 5) is 0.